The van der Waals surface area contributed by atoms with Crippen LogP contribution in [0, 0.1) is 6.92 Å². The van der Waals surface area contributed by atoms with E-state index in [1.165, 1.54) is 16.7 Å². The topological polar surface area (TPSA) is 54.3 Å². The number of hydrogen-bond acceptors (Lipinski definition) is 4. The van der Waals surface area contributed by atoms with Crippen LogP contribution in [0.5, 0.6) is 0 Å². The second-order valence-electron chi connectivity index (χ2n) is 6.04. The zero-order chi connectivity index (χ0) is 18.7. The average Bonchev–Trinajstić information content (AvgIpc) is 3.12. The summed E-state index contributed by atoms with van der Waals surface area (Å²) < 4.78 is 2.42. The number of thiocarbonyl (C=S) groups is 1. The summed E-state index contributed by atoms with van der Waals surface area (Å²) in [4.78, 5) is 26.8. The number of aryl methyl sites for hydroxylation is 2. The van der Waals surface area contributed by atoms with Gasteiger partial charge in [-0.3, -0.25) is 14.5 Å². The molecule has 1 fully saturated rings. The zero-order valence-electron chi connectivity index (χ0n) is 14.6. The maximum absolute atomic E-state index is 12.6. The van der Waals surface area contributed by atoms with Crippen molar-refractivity contribution in [1.29, 1.82) is 0 Å². The van der Waals surface area contributed by atoms with Crippen LogP contribution in [0.2, 0.25) is 0 Å². The number of amides is 2. The number of nitrogens with one attached hydrogen (secondary N) is 1. The summed E-state index contributed by atoms with van der Waals surface area (Å²) in [5.74, 6) is -0.293. The highest BCUT2D eigenvalue weighted by Gasteiger charge is 2.32. The van der Waals surface area contributed by atoms with Gasteiger partial charge in [-0.1, -0.05) is 41.7 Å². The number of hydrogen-bond donors (Lipinski definition) is 1. The summed E-state index contributed by atoms with van der Waals surface area (Å²) in [5.41, 5.74) is 2.81. The second-order valence-corrected chi connectivity index (χ2v) is 7.72. The van der Waals surface area contributed by atoms with E-state index in [9.17, 15) is 9.59 Å². The number of thioether (sulfide) groups is 1. The van der Waals surface area contributed by atoms with E-state index in [2.05, 4.69) is 5.32 Å². The fourth-order valence-electron chi connectivity index (χ4n) is 2.53. The first-order valence-electron chi connectivity index (χ1n) is 8.17. The van der Waals surface area contributed by atoms with Crippen molar-refractivity contribution in [2.75, 3.05) is 11.9 Å². The average molecular weight is 386 g/mol. The molecule has 5 nitrogen and oxygen atoms in total. The smallest absolute Gasteiger partial charge is 0.266 e. The number of rotatable bonds is 5. The summed E-state index contributed by atoms with van der Waals surface area (Å²) in [6, 6.07) is 11.4. The lowest BCUT2D eigenvalue weighted by molar-refractivity contribution is -0.122. The maximum Gasteiger partial charge on any atom is 0.266 e. The first kappa shape index (κ1) is 18.4. The summed E-state index contributed by atoms with van der Waals surface area (Å²) in [6.45, 7) is 2.26. The second kappa shape index (κ2) is 7.88. The Morgan fingerprint density at radius 1 is 1.27 bits per heavy atom. The van der Waals surface area contributed by atoms with Gasteiger partial charge in [-0.05, 0) is 37.3 Å². The molecule has 1 aromatic carbocycles. The van der Waals surface area contributed by atoms with Gasteiger partial charge in [0, 0.05) is 37.6 Å². The third kappa shape index (κ3) is 4.23. The van der Waals surface area contributed by atoms with Gasteiger partial charge >= 0.3 is 0 Å². The van der Waals surface area contributed by atoms with Gasteiger partial charge in [-0.25, -0.2) is 0 Å². The molecule has 3 rings (SSSR count). The summed E-state index contributed by atoms with van der Waals surface area (Å²) in [5, 5.41) is 2.83. The van der Waals surface area contributed by atoms with E-state index in [0.717, 1.165) is 16.9 Å². The highest BCUT2D eigenvalue weighted by molar-refractivity contribution is 8.26. The fraction of sp³-hybridized carbons (Fsp3) is 0.211. The Hall–Kier alpha value is -2.38. The molecule has 0 atom stereocenters. The zero-order valence-corrected chi connectivity index (χ0v) is 16.2. The molecule has 0 unspecified atom stereocenters. The van der Waals surface area contributed by atoms with E-state index >= 15 is 0 Å². The van der Waals surface area contributed by atoms with Crippen LogP contribution in [0.1, 0.15) is 17.7 Å². The number of carbonyl (C=O) groups is 2. The highest BCUT2D eigenvalue weighted by atomic mass is 32.2. The molecule has 134 valence electrons. The number of carbonyl (C=O) groups excluding carboxylic acids is 2. The Morgan fingerprint density at radius 3 is 2.65 bits per heavy atom. The molecule has 1 aromatic heterocycles. The van der Waals surface area contributed by atoms with Crippen LogP contribution in [-0.2, 0) is 16.6 Å². The van der Waals surface area contributed by atoms with Crippen molar-refractivity contribution in [3.8, 4) is 0 Å². The quantitative estimate of drug-likeness (QED) is 0.632. The molecule has 26 heavy (non-hydrogen) atoms. The van der Waals surface area contributed by atoms with E-state index in [1.54, 1.807) is 0 Å². The molecular formula is C19H19N3O2S2. The normalized spacial score (nSPS) is 15.8. The van der Waals surface area contributed by atoms with E-state index in [0.29, 0.717) is 9.23 Å². The summed E-state index contributed by atoms with van der Waals surface area (Å²) >= 11 is 6.58. The molecule has 0 radical (unpaired) electrons. The Labute approximate surface area is 162 Å². The third-order valence-electron chi connectivity index (χ3n) is 4.03. The number of anilines is 1. The molecule has 2 aromatic rings. The summed E-state index contributed by atoms with van der Waals surface area (Å²) in [7, 11) is 1.92. The van der Waals surface area contributed by atoms with Crippen LogP contribution in [0.3, 0.4) is 0 Å². The molecule has 1 aliphatic rings. The molecule has 7 heteroatoms. The van der Waals surface area contributed by atoms with Crippen molar-refractivity contribution in [2.45, 2.75) is 13.3 Å². The van der Waals surface area contributed by atoms with Crippen molar-refractivity contribution in [1.82, 2.24) is 9.47 Å². The van der Waals surface area contributed by atoms with Gasteiger partial charge in [0.05, 0.1) is 4.91 Å². The Bertz CT molecular complexity index is 884. The van der Waals surface area contributed by atoms with Gasteiger partial charge in [-0.15, -0.1) is 0 Å². The van der Waals surface area contributed by atoms with Crippen molar-refractivity contribution < 1.29 is 9.59 Å². The van der Waals surface area contributed by atoms with Gasteiger partial charge in [0.1, 0.15) is 4.32 Å². The SMILES string of the molecule is Cc1ccc(NC(=O)CCN2C(=O)/C(=C\c3cccn3C)SC2=S)cc1. The lowest BCUT2D eigenvalue weighted by Gasteiger charge is -2.14. The van der Waals surface area contributed by atoms with Gasteiger partial charge in [0.15, 0.2) is 0 Å². The van der Waals surface area contributed by atoms with Crippen LogP contribution < -0.4 is 5.32 Å². The minimum atomic E-state index is -0.149. The van der Waals surface area contributed by atoms with Crippen LogP contribution in [0.4, 0.5) is 5.69 Å². The van der Waals surface area contributed by atoms with Crippen molar-refractivity contribution in [3.63, 3.8) is 0 Å². The predicted octanol–water partition coefficient (Wildman–Crippen LogP) is 3.56. The Balaban J connectivity index is 1.59. The van der Waals surface area contributed by atoms with Crippen LogP contribution in [-0.4, -0.2) is 32.1 Å². The highest BCUT2D eigenvalue weighted by Crippen LogP contribution is 2.32. The minimum Gasteiger partial charge on any atom is -0.351 e. The van der Waals surface area contributed by atoms with Gasteiger partial charge in [-0.2, -0.15) is 0 Å². The number of benzene rings is 1. The van der Waals surface area contributed by atoms with Crippen LogP contribution in [0.15, 0.2) is 47.5 Å². The molecule has 2 amide bonds. The van der Waals surface area contributed by atoms with Crippen LogP contribution in [0.25, 0.3) is 6.08 Å². The Kier molecular flexibility index (Phi) is 5.58. The molecule has 0 bridgehead atoms. The summed E-state index contributed by atoms with van der Waals surface area (Å²) in [6.07, 6.45) is 3.94. The third-order valence-corrected chi connectivity index (χ3v) is 5.41. The molecule has 2 heterocycles. The molecule has 0 saturated carbocycles. The van der Waals surface area contributed by atoms with Crippen LogP contribution >= 0.6 is 24.0 Å². The molecule has 1 aliphatic heterocycles. The predicted molar refractivity (Wildman–Crippen MR) is 110 cm³/mol. The standard InChI is InChI=1S/C19H19N3O2S2/c1-13-5-7-14(8-6-13)20-17(23)9-11-22-18(24)16(26-19(22)25)12-15-4-3-10-21(15)2/h3-8,10,12H,9,11H2,1-2H3,(H,20,23)/b16-12+. The molecular weight excluding hydrogens is 366 g/mol. The molecule has 1 N–H and O–H groups in total. The first-order valence-corrected chi connectivity index (χ1v) is 9.40. The fourth-order valence-corrected chi connectivity index (χ4v) is 3.82. The van der Waals surface area contributed by atoms with E-state index < -0.39 is 0 Å². The molecule has 1 saturated heterocycles. The number of nitrogens with zero attached hydrogens (tertiary/aromatic N) is 2. The molecule has 0 aliphatic carbocycles. The maximum atomic E-state index is 12.6. The van der Waals surface area contributed by atoms with Gasteiger partial charge < -0.3 is 9.88 Å². The Morgan fingerprint density at radius 2 is 2.00 bits per heavy atom. The van der Waals surface area contributed by atoms with Gasteiger partial charge in [0.25, 0.3) is 5.91 Å². The van der Waals surface area contributed by atoms with Crippen molar-refractivity contribution in [3.05, 3.63) is 58.8 Å². The van der Waals surface area contributed by atoms with E-state index in [-0.39, 0.29) is 24.8 Å². The largest absolute Gasteiger partial charge is 0.351 e. The minimum absolute atomic E-state index is 0.144. The van der Waals surface area contributed by atoms with Gasteiger partial charge in [0.2, 0.25) is 5.91 Å². The van der Waals surface area contributed by atoms with Crippen molar-refractivity contribution in [2.24, 2.45) is 7.05 Å². The molecule has 0 spiro atoms. The monoisotopic (exact) mass is 385 g/mol. The first-order chi connectivity index (χ1) is 12.4. The number of aromatic nitrogens is 1. The van der Waals surface area contributed by atoms with E-state index in [1.807, 2.05) is 67.2 Å². The lowest BCUT2D eigenvalue weighted by atomic mass is 10.2. The van der Waals surface area contributed by atoms with Crippen molar-refractivity contribution >= 4 is 51.9 Å². The van der Waals surface area contributed by atoms with E-state index in [4.69, 9.17) is 12.2 Å². The lowest BCUT2D eigenvalue weighted by Crippen LogP contribution is -2.31.